The molecule has 1 fully saturated rings. The molecule has 1 saturated heterocycles. The van der Waals surface area contributed by atoms with Gasteiger partial charge in [0.05, 0.1) is 0 Å². The first kappa shape index (κ1) is 18.7. The number of hydrogen-bond donors (Lipinski definition) is 0. The average Bonchev–Trinajstić information content (AvgIpc) is 3.16. The van der Waals surface area contributed by atoms with Crippen molar-refractivity contribution in [3.05, 3.63) is 46.0 Å². The second kappa shape index (κ2) is 7.75. The van der Waals surface area contributed by atoms with Crippen LogP contribution >= 0.6 is 11.6 Å². The van der Waals surface area contributed by atoms with Crippen molar-refractivity contribution in [3.63, 3.8) is 0 Å². The maximum absolute atomic E-state index is 13.3. The van der Waals surface area contributed by atoms with Crippen LogP contribution in [-0.4, -0.2) is 38.6 Å². The molecule has 8 heteroatoms. The van der Waals surface area contributed by atoms with Crippen LogP contribution in [0.15, 0.2) is 39.9 Å². The van der Waals surface area contributed by atoms with E-state index in [4.69, 9.17) is 16.1 Å². The molecule has 1 aromatic carbocycles. The van der Waals surface area contributed by atoms with Gasteiger partial charge in [0.1, 0.15) is 23.4 Å². The Morgan fingerprint density at radius 1 is 1.21 bits per heavy atom. The number of carbonyl (C=O) groups is 1. The molecule has 1 aliphatic heterocycles. The standard InChI is InChI=1S/C20H21ClN4O3/c1-2-15(19(26)24-10-4-3-5-11-24)25-12-22-18-16(20(25)27)17(23-28-18)13-6-8-14(21)9-7-13/h6-9,12,15H,2-5,10-11H2,1H3/t15-/m0/s1. The summed E-state index contributed by atoms with van der Waals surface area (Å²) in [4.78, 5) is 32.4. The largest absolute Gasteiger partial charge is 0.341 e. The van der Waals surface area contributed by atoms with Crippen molar-refractivity contribution in [1.29, 1.82) is 0 Å². The summed E-state index contributed by atoms with van der Waals surface area (Å²) in [5, 5.41) is 4.89. The highest BCUT2D eigenvalue weighted by Crippen LogP contribution is 2.26. The molecule has 0 radical (unpaired) electrons. The predicted molar refractivity (Wildman–Crippen MR) is 106 cm³/mol. The normalized spacial score (nSPS) is 15.7. The molecule has 0 N–H and O–H groups in total. The first-order valence-electron chi connectivity index (χ1n) is 9.51. The minimum Gasteiger partial charge on any atom is -0.341 e. The Morgan fingerprint density at radius 3 is 2.61 bits per heavy atom. The fraction of sp³-hybridized carbons (Fsp3) is 0.400. The van der Waals surface area contributed by atoms with Gasteiger partial charge in [-0.05, 0) is 37.8 Å². The molecular formula is C20H21ClN4O3. The number of halogens is 1. The van der Waals surface area contributed by atoms with E-state index in [0.29, 0.717) is 22.7 Å². The van der Waals surface area contributed by atoms with Crippen LogP contribution in [0, 0.1) is 0 Å². The molecule has 1 atom stereocenters. The zero-order valence-corrected chi connectivity index (χ0v) is 16.4. The van der Waals surface area contributed by atoms with Gasteiger partial charge in [0, 0.05) is 23.7 Å². The zero-order chi connectivity index (χ0) is 19.7. The van der Waals surface area contributed by atoms with Gasteiger partial charge in [0.15, 0.2) is 0 Å². The minimum absolute atomic E-state index is 0.0325. The van der Waals surface area contributed by atoms with Gasteiger partial charge in [-0.1, -0.05) is 35.8 Å². The highest BCUT2D eigenvalue weighted by atomic mass is 35.5. The van der Waals surface area contributed by atoms with Crippen molar-refractivity contribution in [2.45, 2.75) is 38.6 Å². The summed E-state index contributed by atoms with van der Waals surface area (Å²) in [5.74, 6) is -0.0325. The van der Waals surface area contributed by atoms with Crippen LogP contribution < -0.4 is 5.56 Å². The second-order valence-electron chi connectivity index (χ2n) is 6.99. The molecule has 3 aromatic rings. The second-order valence-corrected chi connectivity index (χ2v) is 7.42. The van der Waals surface area contributed by atoms with Gasteiger partial charge in [-0.15, -0.1) is 0 Å². The quantitative estimate of drug-likeness (QED) is 0.667. The first-order chi connectivity index (χ1) is 13.6. The number of benzene rings is 1. The van der Waals surface area contributed by atoms with Gasteiger partial charge in [-0.25, -0.2) is 4.98 Å². The van der Waals surface area contributed by atoms with E-state index in [-0.39, 0.29) is 22.6 Å². The maximum atomic E-state index is 13.3. The number of likely N-dealkylation sites (tertiary alicyclic amines) is 1. The van der Waals surface area contributed by atoms with Gasteiger partial charge < -0.3 is 9.42 Å². The third-order valence-electron chi connectivity index (χ3n) is 5.21. The number of amides is 1. The highest BCUT2D eigenvalue weighted by Gasteiger charge is 2.28. The van der Waals surface area contributed by atoms with Crippen LogP contribution in [0.1, 0.15) is 38.6 Å². The van der Waals surface area contributed by atoms with Crippen molar-refractivity contribution in [2.75, 3.05) is 13.1 Å². The summed E-state index contributed by atoms with van der Waals surface area (Å²) in [5.41, 5.74) is 0.939. The average molecular weight is 401 g/mol. The Balaban J connectivity index is 1.78. The van der Waals surface area contributed by atoms with Crippen molar-refractivity contribution in [1.82, 2.24) is 19.6 Å². The van der Waals surface area contributed by atoms with E-state index in [1.165, 1.54) is 10.9 Å². The Morgan fingerprint density at radius 2 is 1.93 bits per heavy atom. The van der Waals surface area contributed by atoms with Crippen LogP contribution in [0.3, 0.4) is 0 Å². The summed E-state index contributed by atoms with van der Waals surface area (Å²) in [6.07, 6.45) is 5.03. The number of rotatable bonds is 4. The minimum atomic E-state index is -0.588. The van der Waals surface area contributed by atoms with Crippen molar-refractivity contribution in [2.24, 2.45) is 0 Å². The fourth-order valence-electron chi connectivity index (χ4n) is 3.70. The van der Waals surface area contributed by atoms with Crippen LogP contribution in [0.5, 0.6) is 0 Å². The molecule has 0 spiro atoms. The van der Waals surface area contributed by atoms with E-state index in [2.05, 4.69) is 10.1 Å². The molecule has 4 rings (SSSR count). The first-order valence-corrected chi connectivity index (χ1v) is 9.89. The molecule has 3 heterocycles. The third-order valence-corrected chi connectivity index (χ3v) is 5.47. The molecular weight excluding hydrogens is 380 g/mol. The van der Waals surface area contributed by atoms with E-state index in [9.17, 15) is 9.59 Å². The monoisotopic (exact) mass is 400 g/mol. The fourth-order valence-corrected chi connectivity index (χ4v) is 3.83. The smallest absolute Gasteiger partial charge is 0.267 e. The number of nitrogens with zero attached hydrogens (tertiary/aromatic N) is 4. The van der Waals surface area contributed by atoms with Crippen LogP contribution in [0.2, 0.25) is 5.02 Å². The summed E-state index contributed by atoms with van der Waals surface area (Å²) in [6.45, 7) is 3.38. The van der Waals surface area contributed by atoms with E-state index in [0.717, 1.165) is 32.4 Å². The van der Waals surface area contributed by atoms with Gasteiger partial charge in [-0.3, -0.25) is 14.2 Å². The molecule has 7 nitrogen and oxygen atoms in total. The molecule has 1 amide bonds. The Labute approximate surface area is 166 Å². The van der Waals surface area contributed by atoms with E-state index >= 15 is 0 Å². The number of aromatic nitrogens is 3. The van der Waals surface area contributed by atoms with Crippen molar-refractivity contribution >= 4 is 28.6 Å². The maximum Gasteiger partial charge on any atom is 0.267 e. The highest BCUT2D eigenvalue weighted by molar-refractivity contribution is 6.30. The molecule has 146 valence electrons. The number of carbonyl (C=O) groups excluding carboxylic acids is 1. The molecule has 1 aliphatic rings. The van der Waals surface area contributed by atoms with E-state index < -0.39 is 6.04 Å². The number of fused-ring (bicyclic) bond motifs is 1. The lowest BCUT2D eigenvalue weighted by molar-refractivity contribution is -0.135. The molecule has 0 saturated carbocycles. The summed E-state index contributed by atoms with van der Waals surface area (Å²) < 4.78 is 6.67. The Hall–Kier alpha value is -2.67. The van der Waals surface area contributed by atoms with Crippen molar-refractivity contribution < 1.29 is 9.32 Å². The van der Waals surface area contributed by atoms with Gasteiger partial charge in [-0.2, -0.15) is 0 Å². The van der Waals surface area contributed by atoms with Crippen LogP contribution in [0.25, 0.3) is 22.4 Å². The topological polar surface area (TPSA) is 81.2 Å². The SMILES string of the molecule is CC[C@@H](C(=O)N1CCCCC1)n1cnc2onc(-c3ccc(Cl)cc3)c2c1=O. The summed E-state index contributed by atoms with van der Waals surface area (Å²) in [6, 6.07) is 6.40. The lowest BCUT2D eigenvalue weighted by Crippen LogP contribution is -2.42. The summed E-state index contributed by atoms with van der Waals surface area (Å²) in [7, 11) is 0. The third kappa shape index (κ3) is 3.30. The van der Waals surface area contributed by atoms with Gasteiger partial charge in [0.2, 0.25) is 5.91 Å². The zero-order valence-electron chi connectivity index (χ0n) is 15.6. The molecule has 28 heavy (non-hydrogen) atoms. The summed E-state index contributed by atoms with van der Waals surface area (Å²) >= 11 is 5.95. The lowest BCUT2D eigenvalue weighted by atomic mass is 10.1. The van der Waals surface area contributed by atoms with Gasteiger partial charge >= 0.3 is 0 Å². The lowest BCUT2D eigenvalue weighted by Gasteiger charge is -2.30. The van der Waals surface area contributed by atoms with Crippen LogP contribution in [-0.2, 0) is 4.79 Å². The molecule has 0 aliphatic carbocycles. The number of piperidine rings is 1. The van der Waals surface area contributed by atoms with Gasteiger partial charge in [0.25, 0.3) is 11.3 Å². The Bertz CT molecular complexity index is 1050. The molecule has 0 unspecified atom stereocenters. The molecule has 2 aromatic heterocycles. The predicted octanol–water partition coefficient (Wildman–Crippen LogP) is 3.67. The van der Waals surface area contributed by atoms with E-state index in [1.54, 1.807) is 24.3 Å². The number of hydrogen-bond acceptors (Lipinski definition) is 5. The van der Waals surface area contributed by atoms with Crippen LogP contribution in [0.4, 0.5) is 0 Å². The Kier molecular flexibility index (Phi) is 5.17. The molecule has 0 bridgehead atoms. The van der Waals surface area contributed by atoms with E-state index in [1.807, 2.05) is 11.8 Å². The van der Waals surface area contributed by atoms with Crippen molar-refractivity contribution in [3.8, 4) is 11.3 Å².